The van der Waals surface area contributed by atoms with Crippen molar-refractivity contribution in [1.29, 1.82) is 0 Å². The molecule has 0 saturated carbocycles. The summed E-state index contributed by atoms with van der Waals surface area (Å²) in [6.07, 6.45) is 7.09. The van der Waals surface area contributed by atoms with Crippen LogP contribution < -0.4 is 0 Å². The van der Waals surface area contributed by atoms with E-state index >= 15 is 0 Å². The summed E-state index contributed by atoms with van der Waals surface area (Å²) in [7, 11) is 0. The SMILES string of the molecule is CC#Cc1cc(CCC(C)CC(C)(C)C)c(C#CC)cc1CCC(C)CC(C)(C)C. The smallest absolute Gasteiger partial charge is 0.0280 e. The molecule has 0 nitrogen and oxygen atoms in total. The van der Waals surface area contributed by atoms with E-state index in [2.05, 4.69) is 91.2 Å². The highest BCUT2D eigenvalue weighted by Crippen LogP contribution is 2.30. The Morgan fingerprint density at radius 2 is 1.00 bits per heavy atom. The van der Waals surface area contributed by atoms with Crippen molar-refractivity contribution < 1.29 is 0 Å². The summed E-state index contributed by atoms with van der Waals surface area (Å²) in [5.74, 6) is 14.5. The second-order valence-electron chi connectivity index (χ2n) is 11.7. The zero-order valence-electron chi connectivity index (χ0n) is 21.6. The molecule has 0 fully saturated rings. The molecule has 2 unspecified atom stereocenters. The van der Waals surface area contributed by atoms with Gasteiger partial charge in [-0.3, -0.25) is 0 Å². The highest BCUT2D eigenvalue weighted by molar-refractivity contribution is 5.52. The van der Waals surface area contributed by atoms with Gasteiger partial charge in [0.2, 0.25) is 0 Å². The summed E-state index contributed by atoms with van der Waals surface area (Å²) in [4.78, 5) is 0. The molecule has 1 rings (SSSR count). The van der Waals surface area contributed by atoms with Gasteiger partial charge in [0, 0.05) is 11.1 Å². The first-order valence-corrected chi connectivity index (χ1v) is 11.9. The lowest BCUT2D eigenvalue weighted by molar-refractivity contribution is 0.296. The van der Waals surface area contributed by atoms with Gasteiger partial charge in [0.1, 0.15) is 0 Å². The molecule has 166 valence electrons. The minimum absolute atomic E-state index is 0.387. The average Bonchev–Trinajstić information content (AvgIpc) is 2.57. The van der Waals surface area contributed by atoms with Crippen molar-refractivity contribution in [3.8, 4) is 23.7 Å². The first kappa shape index (κ1) is 26.4. The lowest BCUT2D eigenvalue weighted by Crippen LogP contribution is -2.12. The van der Waals surface area contributed by atoms with Gasteiger partial charge in [-0.15, -0.1) is 11.8 Å². The van der Waals surface area contributed by atoms with Crippen LogP contribution in [0.1, 0.15) is 117 Å². The summed E-state index contributed by atoms with van der Waals surface area (Å²) < 4.78 is 0. The van der Waals surface area contributed by atoms with Gasteiger partial charge in [0.05, 0.1) is 0 Å². The minimum Gasteiger partial charge on any atom is -0.101 e. The first-order valence-electron chi connectivity index (χ1n) is 11.9. The van der Waals surface area contributed by atoms with E-state index in [0.717, 1.165) is 12.8 Å². The van der Waals surface area contributed by atoms with Gasteiger partial charge in [-0.2, -0.15) is 0 Å². The van der Waals surface area contributed by atoms with Gasteiger partial charge in [0.15, 0.2) is 0 Å². The van der Waals surface area contributed by atoms with Crippen LogP contribution in [0.25, 0.3) is 0 Å². The monoisotopic (exact) mass is 406 g/mol. The average molecular weight is 407 g/mol. The van der Waals surface area contributed by atoms with E-state index in [1.54, 1.807) is 0 Å². The maximum absolute atomic E-state index is 3.39. The van der Waals surface area contributed by atoms with Gasteiger partial charge < -0.3 is 0 Å². The molecule has 0 aromatic heterocycles. The van der Waals surface area contributed by atoms with E-state index in [4.69, 9.17) is 0 Å². The number of aryl methyl sites for hydroxylation is 2. The fourth-order valence-corrected chi connectivity index (χ4v) is 4.70. The Kier molecular flexibility index (Phi) is 10.2. The molecular weight excluding hydrogens is 360 g/mol. The maximum atomic E-state index is 3.39. The Labute approximate surface area is 188 Å². The molecule has 0 spiro atoms. The summed E-state index contributed by atoms with van der Waals surface area (Å²) >= 11 is 0. The van der Waals surface area contributed by atoms with Crippen molar-refractivity contribution in [3.63, 3.8) is 0 Å². The van der Waals surface area contributed by atoms with Crippen LogP contribution in [0.3, 0.4) is 0 Å². The molecule has 0 aliphatic rings. The maximum Gasteiger partial charge on any atom is 0.0280 e. The molecule has 0 radical (unpaired) electrons. The van der Waals surface area contributed by atoms with Crippen LogP contribution in [0, 0.1) is 46.3 Å². The first-order chi connectivity index (χ1) is 13.8. The molecule has 1 aromatic rings. The number of hydrogen-bond donors (Lipinski definition) is 0. The quantitative estimate of drug-likeness (QED) is 0.380. The molecule has 0 heterocycles. The Balaban J connectivity index is 3.06. The molecule has 2 atom stereocenters. The van der Waals surface area contributed by atoms with Crippen molar-refractivity contribution in [2.45, 2.75) is 108 Å². The van der Waals surface area contributed by atoms with E-state index < -0.39 is 0 Å². The Bertz CT molecular complexity index is 717. The van der Waals surface area contributed by atoms with Crippen LogP contribution in [0.15, 0.2) is 12.1 Å². The Morgan fingerprint density at radius 3 is 1.27 bits per heavy atom. The summed E-state index contributed by atoms with van der Waals surface area (Å²) in [5.41, 5.74) is 5.93. The third-order valence-electron chi connectivity index (χ3n) is 5.58. The van der Waals surface area contributed by atoms with E-state index in [9.17, 15) is 0 Å². The molecule has 0 amide bonds. The van der Waals surface area contributed by atoms with Crippen LogP contribution >= 0.6 is 0 Å². The number of hydrogen-bond acceptors (Lipinski definition) is 0. The normalized spacial score (nSPS) is 13.7. The zero-order chi connectivity index (χ0) is 22.9. The van der Waals surface area contributed by atoms with Crippen molar-refractivity contribution >= 4 is 0 Å². The van der Waals surface area contributed by atoms with E-state index in [-0.39, 0.29) is 0 Å². The fraction of sp³-hybridized carbons (Fsp3) is 0.667. The second kappa shape index (κ2) is 11.7. The molecule has 0 aliphatic carbocycles. The van der Waals surface area contributed by atoms with Crippen LogP contribution in [-0.4, -0.2) is 0 Å². The summed E-state index contributed by atoms with van der Waals surface area (Å²) in [5, 5.41) is 0. The lowest BCUT2D eigenvalue weighted by Gasteiger charge is -2.24. The zero-order valence-corrected chi connectivity index (χ0v) is 21.6. The Hall–Kier alpha value is -1.66. The van der Waals surface area contributed by atoms with Gasteiger partial charge in [-0.25, -0.2) is 0 Å². The predicted molar refractivity (Wildman–Crippen MR) is 135 cm³/mol. The number of benzene rings is 1. The lowest BCUT2D eigenvalue weighted by atomic mass is 9.82. The number of rotatable bonds is 8. The topological polar surface area (TPSA) is 0 Å². The molecule has 0 aliphatic heterocycles. The largest absolute Gasteiger partial charge is 0.101 e. The van der Waals surface area contributed by atoms with Gasteiger partial charge >= 0.3 is 0 Å². The van der Waals surface area contributed by atoms with Crippen molar-refractivity contribution in [3.05, 3.63) is 34.4 Å². The van der Waals surface area contributed by atoms with Crippen LogP contribution in [0.5, 0.6) is 0 Å². The highest BCUT2D eigenvalue weighted by atomic mass is 14.2. The third kappa shape index (κ3) is 10.4. The van der Waals surface area contributed by atoms with Gasteiger partial charge in [-0.05, 0) is 98.3 Å². The predicted octanol–water partition coefficient (Wildman–Crippen LogP) is 8.44. The molecule has 0 bridgehead atoms. The second-order valence-corrected chi connectivity index (χ2v) is 11.7. The standard InChI is InChI=1S/C30H46/c1-11-13-25-19-28(18-16-24(4)22-30(8,9)10)26(14-12-2)20-27(25)17-15-23(3)21-29(5,6)7/h19-20,23-24H,15-18,21-22H2,1-10H3. The van der Waals surface area contributed by atoms with Crippen LogP contribution in [-0.2, 0) is 12.8 Å². The van der Waals surface area contributed by atoms with E-state index in [1.165, 1.54) is 47.9 Å². The van der Waals surface area contributed by atoms with E-state index in [0.29, 0.717) is 22.7 Å². The molecule has 1 aromatic carbocycles. The minimum atomic E-state index is 0.387. The van der Waals surface area contributed by atoms with Crippen molar-refractivity contribution in [1.82, 2.24) is 0 Å². The van der Waals surface area contributed by atoms with Crippen molar-refractivity contribution in [2.24, 2.45) is 22.7 Å². The molecule has 30 heavy (non-hydrogen) atoms. The summed E-state index contributed by atoms with van der Waals surface area (Å²) in [6.45, 7) is 22.7. The fourth-order valence-electron chi connectivity index (χ4n) is 4.70. The van der Waals surface area contributed by atoms with E-state index in [1.807, 2.05) is 13.8 Å². The van der Waals surface area contributed by atoms with Crippen LogP contribution in [0.4, 0.5) is 0 Å². The molecule has 0 N–H and O–H groups in total. The molecule has 0 heteroatoms. The van der Waals surface area contributed by atoms with Crippen molar-refractivity contribution in [2.75, 3.05) is 0 Å². The molecular formula is C30H46. The summed E-state index contributed by atoms with van der Waals surface area (Å²) in [6, 6.07) is 4.67. The van der Waals surface area contributed by atoms with Gasteiger partial charge in [-0.1, -0.05) is 67.2 Å². The highest BCUT2D eigenvalue weighted by Gasteiger charge is 2.18. The Morgan fingerprint density at radius 1 is 0.667 bits per heavy atom. The molecule has 0 saturated heterocycles. The third-order valence-corrected chi connectivity index (χ3v) is 5.58. The van der Waals surface area contributed by atoms with Crippen LogP contribution in [0.2, 0.25) is 0 Å². The van der Waals surface area contributed by atoms with Gasteiger partial charge in [0.25, 0.3) is 0 Å².